The number of likely N-dealkylation sites (N-methyl/N-ethyl adjacent to an activating group) is 1. The molecule has 21 heavy (non-hydrogen) atoms. The molecule has 0 saturated carbocycles. The lowest BCUT2D eigenvalue weighted by Gasteiger charge is -2.26. The molecular formula is C17H26N2OS. The van der Waals surface area contributed by atoms with E-state index in [1.807, 2.05) is 23.1 Å². The number of carbonyl (C=O) groups excluding carboxylic acids is 1. The molecule has 0 radical (unpaired) electrons. The lowest BCUT2D eigenvalue weighted by atomic mass is 10.1. The first-order valence-corrected chi connectivity index (χ1v) is 8.42. The van der Waals surface area contributed by atoms with Gasteiger partial charge in [-0.15, -0.1) is 0 Å². The van der Waals surface area contributed by atoms with Crippen molar-refractivity contribution < 1.29 is 4.79 Å². The van der Waals surface area contributed by atoms with Crippen LogP contribution in [0, 0.1) is 0 Å². The number of hydrogen-bond donors (Lipinski definition) is 1. The summed E-state index contributed by atoms with van der Waals surface area (Å²) in [6, 6.07) is 10.6. The maximum atomic E-state index is 12.5. The highest BCUT2D eigenvalue weighted by Gasteiger charge is 2.31. The second-order valence-electron chi connectivity index (χ2n) is 5.65. The van der Waals surface area contributed by atoms with Crippen LogP contribution in [0.1, 0.15) is 25.8 Å². The van der Waals surface area contributed by atoms with E-state index in [-0.39, 0.29) is 11.2 Å². The van der Waals surface area contributed by atoms with Crippen LogP contribution in [0.25, 0.3) is 0 Å². The Kier molecular flexibility index (Phi) is 6.12. The van der Waals surface area contributed by atoms with Gasteiger partial charge in [-0.05, 0) is 31.5 Å². The number of benzene rings is 1. The Balaban J connectivity index is 1.89. The summed E-state index contributed by atoms with van der Waals surface area (Å²) in [6.45, 7) is 8.20. The van der Waals surface area contributed by atoms with E-state index in [0.717, 1.165) is 32.6 Å². The lowest BCUT2D eigenvalue weighted by molar-refractivity contribution is -0.129. The van der Waals surface area contributed by atoms with Crippen LogP contribution in [-0.4, -0.2) is 53.2 Å². The van der Waals surface area contributed by atoms with Gasteiger partial charge < -0.3 is 4.90 Å². The predicted molar refractivity (Wildman–Crippen MR) is 90.8 cm³/mol. The highest BCUT2D eigenvalue weighted by Crippen LogP contribution is 2.19. The van der Waals surface area contributed by atoms with Gasteiger partial charge in [0, 0.05) is 19.1 Å². The minimum Gasteiger partial charge on any atom is -0.340 e. The summed E-state index contributed by atoms with van der Waals surface area (Å²) in [5, 5.41) is -0.233. The van der Waals surface area contributed by atoms with E-state index >= 15 is 0 Å². The minimum atomic E-state index is -0.233. The Hall–Kier alpha value is -1.00. The van der Waals surface area contributed by atoms with Gasteiger partial charge in [-0.2, -0.15) is 12.6 Å². The number of likely N-dealkylation sites (tertiary alicyclic amines) is 1. The van der Waals surface area contributed by atoms with E-state index in [4.69, 9.17) is 0 Å². The van der Waals surface area contributed by atoms with Gasteiger partial charge in [0.1, 0.15) is 0 Å². The molecule has 0 N–H and O–H groups in total. The van der Waals surface area contributed by atoms with Gasteiger partial charge >= 0.3 is 0 Å². The second-order valence-corrected chi connectivity index (χ2v) is 6.28. The highest BCUT2D eigenvalue weighted by molar-refractivity contribution is 7.81. The zero-order valence-electron chi connectivity index (χ0n) is 13.0. The summed E-state index contributed by atoms with van der Waals surface area (Å²) in [4.78, 5) is 17.0. The van der Waals surface area contributed by atoms with Gasteiger partial charge in [0.25, 0.3) is 0 Å². The third-order valence-corrected chi connectivity index (χ3v) is 4.76. The van der Waals surface area contributed by atoms with E-state index in [0.29, 0.717) is 12.5 Å². The predicted octanol–water partition coefficient (Wildman–Crippen LogP) is 2.47. The van der Waals surface area contributed by atoms with Gasteiger partial charge in [-0.3, -0.25) is 9.69 Å². The van der Waals surface area contributed by atoms with Gasteiger partial charge in [0.15, 0.2) is 0 Å². The number of carbonyl (C=O) groups is 1. The van der Waals surface area contributed by atoms with Crippen molar-refractivity contribution in [1.29, 1.82) is 0 Å². The van der Waals surface area contributed by atoms with Crippen LogP contribution in [0.15, 0.2) is 30.3 Å². The quantitative estimate of drug-likeness (QED) is 0.816. The first-order chi connectivity index (χ1) is 10.2. The Bertz CT molecular complexity index is 447. The third kappa shape index (κ3) is 4.24. The Labute approximate surface area is 133 Å². The number of nitrogens with zero attached hydrogens (tertiary/aromatic N) is 2. The number of thiol groups is 1. The average molecular weight is 306 g/mol. The van der Waals surface area contributed by atoms with Crippen LogP contribution in [-0.2, 0) is 11.2 Å². The van der Waals surface area contributed by atoms with Crippen molar-refractivity contribution in [3.8, 4) is 0 Å². The molecule has 3 nitrogen and oxygen atoms in total. The van der Waals surface area contributed by atoms with Crippen molar-refractivity contribution in [1.82, 2.24) is 9.80 Å². The van der Waals surface area contributed by atoms with Crippen LogP contribution in [0.5, 0.6) is 0 Å². The normalized spacial score (nSPS) is 20.0. The summed E-state index contributed by atoms with van der Waals surface area (Å²) in [7, 11) is 0. The van der Waals surface area contributed by atoms with Crippen LogP contribution < -0.4 is 0 Å². The molecule has 2 atom stereocenters. The highest BCUT2D eigenvalue weighted by atomic mass is 32.1. The number of amides is 1. The topological polar surface area (TPSA) is 23.6 Å². The van der Waals surface area contributed by atoms with Gasteiger partial charge in [-0.25, -0.2) is 0 Å². The van der Waals surface area contributed by atoms with Crippen LogP contribution in [0.4, 0.5) is 0 Å². The first kappa shape index (κ1) is 16.4. The molecule has 1 aliphatic rings. The summed E-state index contributed by atoms with van der Waals surface area (Å²) in [5.41, 5.74) is 1.17. The maximum absolute atomic E-state index is 12.5. The molecule has 0 aliphatic carbocycles. The molecule has 1 heterocycles. The number of hydrogen-bond acceptors (Lipinski definition) is 3. The molecule has 1 aromatic carbocycles. The number of rotatable bonds is 6. The largest absolute Gasteiger partial charge is 0.340 e. The second kappa shape index (κ2) is 7.85. The molecule has 1 amide bonds. The standard InChI is InChI=1S/C17H26N2OS/c1-3-18(4-2)15-10-11-19(13-15)17(20)16(21)12-14-8-6-5-7-9-14/h5-9,15-16,21H,3-4,10-13H2,1-2H3. The molecular weight excluding hydrogens is 280 g/mol. The van der Waals surface area contributed by atoms with E-state index < -0.39 is 0 Å². The van der Waals surface area contributed by atoms with Gasteiger partial charge in [0.2, 0.25) is 5.91 Å². The SMILES string of the molecule is CCN(CC)C1CCN(C(=O)C(S)Cc2ccccc2)C1. The Morgan fingerprint density at radius 1 is 1.33 bits per heavy atom. The molecule has 1 saturated heterocycles. The fraction of sp³-hybridized carbons (Fsp3) is 0.588. The minimum absolute atomic E-state index is 0.178. The first-order valence-electron chi connectivity index (χ1n) is 7.90. The van der Waals surface area contributed by atoms with E-state index in [2.05, 4.69) is 43.5 Å². The van der Waals surface area contributed by atoms with Gasteiger partial charge in [0.05, 0.1) is 5.25 Å². The van der Waals surface area contributed by atoms with Crippen molar-refractivity contribution in [3.05, 3.63) is 35.9 Å². The molecule has 1 aliphatic heterocycles. The summed E-state index contributed by atoms with van der Waals surface area (Å²) < 4.78 is 0. The third-order valence-electron chi connectivity index (χ3n) is 4.36. The Morgan fingerprint density at radius 3 is 2.62 bits per heavy atom. The molecule has 0 spiro atoms. The fourth-order valence-electron chi connectivity index (χ4n) is 3.12. The monoisotopic (exact) mass is 306 g/mol. The molecule has 0 bridgehead atoms. The molecule has 2 rings (SSSR count). The molecule has 1 fully saturated rings. The average Bonchev–Trinajstić information content (AvgIpc) is 2.98. The van der Waals surface area contributed by atoms with Crippen LogP contribution >= 0.6 is 12.6 Å². The van der Waals surface area contributed by atoms with E-state index in [9.17, 15) is 4.79 Å². The fourth-order valence-corrected chi connectivity index (χ4v) is 3.49. The summed E-state index contributed by atoms with van der Waals surface area (Å²) in [6.07, 6.45) is 1.79. The van der Waals surface area contributed by atoms with Crippen molar-refractivity contribution in [2.45, 2.75) is 38.0 Å². The van der Waals surface area contributed by atoms with E-state index in [1.54, 1.807) is 0 Å². The molecule has 4 heteroatoms. The van der Waals surface area contributed by atoms with Gasteiger partial charge in [-0.1, -0.05) is 44.2 Å². The molecule has 116 valence electrons. The lowest BCUT2D eigenvalue weighted by Crippen LogP contribution is -2.41. The van der Waals surface area contributed by atoms with Crippen molar-refractivity contribution >= 4 is 18.5 Å². The van der Waals surface area contributed by atoms with Crippen molar-refractivity contribution in [2.75, 3.05) is 26.2 Å². The molecule has 2 unspecified atom stereocenters. The van der Waals surface area contributed by atoms with Crippen molar-refractivity contribution in [3.63, 3.8) is 0 Å². The smallest absolute Gasteiger partial charge is 0.235 e. The van der Waals surface area contributed by atoms with Crippen LogP contribution in [0.3, 0.4) is 0 Å². The molecule has 0 aromatic heterocycles. The van der Waals surface area contributed by atoms with E-state index in [1.165, 1.54) is 5.56 Å². The van der Waals surface area contributed by atoms with Crippen LogP contribution in [0.2, 0.25) is 0 Å². The molecule has 1 aromatic rings. The zero-order valence-corrected chi connectivity index (χ0v) is 13.9. The summed E-state index contributed by atoms with van der Waals surface area (Å²) >= 11 is 4.53. The van der Waals surface area contributed by atoms with Crippen molar-refractivity contribution in [2.24, 2.45) is 0 Å². The maximum Gasteiger partial charge on any atom is 0.235 e. The zero-order chi connectivity index (χ0) is 15.2. The summed E-state index contributed by atoms with van der Waals surface area (Å²) in [5.74, 6) is 0.178. The Morgan fingerprint density at radius 2 is 2.00 bits per heavy atom.